The Morgan fingerprint density at radius 2 is 1.23 bits per heavy atom. The van der Waals surface area contributed by atoms with Gasteiger partial charge in [0, 0.05) is 0 Å². The fourth-order valence-electron chi connectivity index (χ4n) is 16.6. The van der Waals surface area contributed by atoms with Gasteiger partial charge in [0.25, 0.3) is 0 Å². The number of rotatable bonds is 15. The lowest BCUT2D eigenvalue weighted by molar-refractivity contribution is -0.363. The molecule has 426 valence electrons. The van der Waals surface area contributed by atoms with Crippen molar-refractivity contribution in [3.63, 3.8) is 0 Å². The Balaban J connectivity index is 0.778. The summed E-state index contributed by atoms with van der Waals surface area (Å²) in [5.74, 6) is 1.25. The van der Waals surface area contributed by atoms with Crippen LogP contribution in [0.1, 0.15) is 113 Å². The molecule has 2 spiro atoms. The highest BCUT2D eigenvalue weighted by molar-refractivity contribution is 5.31. The molecule has 4 heterocycles. The summed E-state index contributed by atoms with van der Waals surface area (Å²) in [5.41, 5.74) is 1.01. The molecule has 13 N–H and O–H groups in total. The van der Waals surface area contributed by atoms with E-state index in [4.69, 9.17) is 37.9 Å². The molecule has 9 rings (SSSR count). The lowest BCUT2D eigenvalue weighted by Gasteiger charge is -2.63. The zero-order chi connectivity index (χ0) is 53.8. The van der Waals surface area contributed by atoms with Crippen LogP contribution in [0.3, 0.4) is 0 Å². The van der Waals surface area contributed by atoms with Gasteiger partial charge in [-0.3, -0.25) is 0 Å². The van der Waals surface area contributed by atoms with E-state index in [0.717, 1.165) is 56.9 Å². The first-order valence-corrected chi connectivity index (χ1v) is 27.3. The molecule has 0 aromatic rings. The molecule has 4 aliphatic heterocycles. The van der Waals surface area contributed by atoms with Crippen LogP contribution in [-0.2, 0) is 37.9 Å². The van der Waals surface area contributed by atoms with Crippen molar-refractivity contribution in [2.45, 2.75) is 242 Å². The maximum atomic E-state index is 11.8. The second-order valence-electron chi connectivity index (χ2n) is 25.2. The first kappa shape index (κ1) is 57.6. The van der Waals surface area contributed by atoms with E-state index >= 15 is 0 Å². The monoisotopic (exact) mass is 1060 g/mol. The van der Waals surface area contributed by atoms with E-state index < -0.39 is 129 Å². The van der Waals surface area contributed by atoms with Crippen molar-refractivity contribution >= 4 is 0 Å². The normalized spacial score (nSPS) is 54.1. The Morgan fingerprint density at radius 3 is 1.93 bits per heavy atom. The van der Waals surface area contributed by atoms with Gasteiger partial charge >= 0.3 is 0 Å². The summed E-state index contributed by atoms with van der Waals surface area (Å²) in [7, 11) is 0. The van der Waals surface area contributed by atoms with Gasteiger partial charge in [0.1, 0.15) is 85.5 Å². The van der Waals surface area contributed by atoms with Crippen molar-refractivity contribution in [2.24, 2.45) is 50.7 Å². The van der Waals surface area contributed by atoms with Gasteiger partial charge in [-0.1, -0.05) is 46.3 Å². The molecule has 0 radical (unpaired) electrons. The van der Waals surface area contributed by atoms with Crippen molar-refractivity contribution in [1.29, 1.82) is 0 Å². The van der Waals surface area contributed by atoms with Crippen molar-refractivity contribution < 1.29 is 104 Å². The molecule has 74 heavy (non-hydrogen) atoms. The standard InChI is InChI=1S/C53H88O21/c1-23(19-67-46-41(64)38(61)36(59)30(72-46)21-69-45-40(63)34(57)28(56)20-68-45)8-9-27(55)24(2)26-12-14-51(7)32-11-10-31-49(4,5)33(13-15-52(31)22-53(32,52)17-16-50(26,51)6)73-47-43(66)39(62)44(25(3)70-47)74-48-42(65)37(60)35(58)29(18-54)71-48/h8,24-48,54-66H,9-22H2,1-7H3/b23-8-/t24-,25+,26+,27-,28+,29+,30+,31-,32-,33-,34-,35+,36+,37-,38-,39+,40+,41+,42+,43+,44-,45-,46+,47-,48-,50+,51-,52+,53-/m0/s1. The molecule has 4 saturated heterocycles. The molecule has 0 aromatic heterocycles. The zero-order valence-corrected chi connectivity index (χ0v) is 44.0. The van der Waals surface area contributed by atoms with E-state index in [9.17, 15) is 66.4 Å². The van der Waals surface area contributed by atoms with Crippen LogP contribution >= 0.6 is 0 Å². The topological polar surface area (TPSA) is 337 Å². The Morgan fingerprint density at radius 1 is 0.622 bits per heavy atom. The maximum absolute atomic E-state index is 11.8. The van der Waals surface area contributed by atoms with Gasteiger partial charge < -0.3 is 104 Å². The van der Waals surface area contributed by atoms with Crippen LogP contribution in [0.4, 0.5) is 0 Å². The molecular weight excluding hydrogens is 973 g/mol. The zero-order valence-electron chi connectivity index (χ0n) is 44.0. The van der Waals surface area contributed by atoms with E-state index in [1.807, 2.05) is 13.0 Å². The fraction of sp³-hybridized carbons (Fsp3) is 0.962. The lowest BCUT2D eigenvalue weighted by atomic mass is 9.41. The molecule has 21 heteroatoms. The van der Waals surface area contributed by atoms with Gasteiger partial charge in [-0.15, -0.1) is 0 Å². The molecule has 5 aliphatic carbocycles. The fourth-order valence-corrected chi connectivity index (χ4v) is 16.6. The number of ether oxygens (including phenoxy) is 8. The maximum Gasteiger partial charge on any atom is 0.187 e. The van der Waals surface area contributed by atoms with Crippen molar-refractivity contribution in [3.8, 4) is 0 Å². The van der Waals surface area contributed by atoms with Crippen LogP contribution in [-0.4, -0.2) is 222 Å². The summed E-state index contributed by atoms with van der Waals surface area (Å²) in [5, 5.41) is 137. The third-order valence-corrected chi connectivity index (χ3v) is 21.3. The summed E-state index contributed by atoms with van der Waals surface area (Å²) in [6, 6.07) is 0. The average molecular weight is 1060 g/mol. The van der Waals surface area contributed by atoms with E-state index in [1.165, 1.54) is 6.42 Å². The molecule has 29 atom stereocenters. The average Bonchev–Trinajstić information content (AvgIpc) is 3.95. The molecule has 5 saturated carbocycles. The Bertz CT molecular complexity index is 1960. The predicted octanol–water partition coefficient (Wildman–Crippen LogP) is -0.924. The van der Waals surface area contributed by atoms with E-state index in [-0.39, 0.29) is 58.9 Å². The molecule has 0 aromatic carbocycles. The third-order valence-electron chi connectivity index (χ3n) is 21.3. The molecule has 9 aliphatic rings. The SMILES string of the molecule is C/C(=C/C[C@H](O)[C@@H](C)[C@H]1CC[C@@]2(C)[C@@H]3CC[C@H]4C(C)(C)[C@@H](O[C@@H]5O[C@H](C)[C@H](O[C@@H]6O[C@H](CO)[C@@H](O)[C@H](O)[C@H]6O)[C@H](O)[C@H]5O)CC[C@@]45C[C@@]35CC[C@]12C)CO[C@@H]1O[C@H](CO[C@@H]2OC[C@@H](O)[C@H](O)[C@H]2O)[C@@H](O)[C@H](O)[C@H]1O. The minimum atomic E-state index is -1.68. The summed E-state index contributed by atoms with van der Waals surface area (Å²) in [6.45, 7) is 13.9. The van der Waals surface area contributed by atoms with Crippen LogP contribution in [0.25, 0.3) is 0 Å². The van der Waals surface area contributed by atoms with Crippen LogP contribution < -0.4 is 0 Å². The van der Waals surface area contributed by atoms with E-state index in [2.05, 4.69) is 34.6 Å². The Kier molecular flexibility index (Phi) is 16.7. The highest BCUT2D eigenvalue weighted by Gasteiger charge is 2.82. The summed E-state index contributed by atoms with van der Waals surface area (Å²) in [4.78, 5) is 0. The number of hydrogen-bond acceptors (Lipinski definition) is 21. The minimum Gasteiger partial charge on any atom is -0.394 e. The van der Waals surface area contributed by atoms with E-state index in [0.29, 0.717) is 24.2 Å². The smallest absolute Gasteiger partial charge is 0.187 e. The van der Waals surface area contributed by atoms with Gasteiger partial charge in [-0.2, -0.15) is 0 Å². The third kappa shape index (κ3) is 9.51. The first-order valence-electron chi connectivity index (χ1n) is 27.3. The number of fused-ring (bicyclic) bond motifs is 2. The first-order chi connectivity index (χ1) is 34.8. The van der Waals surface area contributed by atoms with Gasteiger partial charge in [-0.05, 0) is 129 Å². The van der Waals surface area contributed by atoms with Crippen molar-refractivity contribution in [2.75, 3.05) is 26.4 Å². The van der Waals surface area contributed by atoms with Gasteiger partial charge in [0.2, 0.25) is 0 Å². The molecule has 0 unspecified atom stereocenters. The van der Waals surface area contributed by atoms with Gasteiger partial charge in [-0.25, -0.2) is 0 Å². The summed E-state index contributed by atoms with van der Waals surface area (Å²) >= 11 is 0. The van der Waals surface area contributed by atoms with Crippen LogP contribution in [0, 0.1) is 50.7 Å². The van der Waals surface area contributed by atoms with E-state index in [1.54, 1.807) is 6.92 Å². The summed E-state index contributed by atoms with van der Waals surface area (Å²) in [6.07, 6.45) is -15.9. The molecule has 9 fully saturated rings. The highest BCUT2D eigenvalue weighted by Crippen LogP contribution is 2.89. The predicted molar refractivity (Wildman–Crippen MR) is 257 cm³/mol. The molecule has 21 nitrogen and oxygen atoms in total. The molecular formula is C53H88O21. The highest BCUT2D eigenvalue weighted by atomic mass is 16.7. The summed E-state index contributed by atoms with van der Waals surface area (Å²) < 4.78 is 46.7. The Hall–Kier alpha value is -1.10. The van der Waals surface area contributed by atoms with Gasteiger partial charge in [0.15, 0.2) is 25.2 Å². The number of aliphatic hydroxyl groups excluding tert-OH is 13. The van der Waals surface area contributed by atoms with Crippen LogP contribution in [0.2, 0.25) is 0 Å². The van der Waals surface area contributed by atoms with Gasteiger partial charge in [0.05, 0.1) is 44.7 Å². The number of hydrogen-bond donors (Lipinski definition) is 13. The minimum absolute atomic E-state index is 0.00873. The second-order valence-corrected chi connectivity index (χ2v) is 25.2. The second kappa shape index (κ2) is 21.4. The van der Waals surface area contributed by atoms with Crippen molar-refractivity contribution in [1.82, 2.24) is 0 Å². The van der Waals surface area contributed by atoms with Crippen LogP contribution in [0.15, 0.2) is 11.6 Å². The lowest BCUT2D eigenvalue weighted by Crippen LogP contribution is -2.64. The largest absolute Gasteiger partial charge is 0.394 e. The number of aliphatic hydroxyl groups is 13. The van der Waals surface area contributed by atoms with Crippen LogP contribution in [0.5, 0.6) is 0 Å². The Labute approximate surface area is 433 Å². The molecule has 0 amide bonds. The quantitative estimate of drug-likeness (QED) is 0.0696. The molecule has 0 bridgehead atoms. The van der Waals surface area contributed by atoms with Crippen molar-refractivity contribution in [3.05, 3.63) is 11.6 Å².